The number of carbonyl (C=O) groups is 1. The first-order chi connectivity index (χ1) is 11.7. The Hall–Kier alpha value is -3.07. The van der Waals surface area contributed by atoms with Crippen LogP contribution in [0, 0.1) is 6.42 Å². The molecule has 0 aliphatic heterocycles. The van der Waals surface area contributed by atoms with Gasteiger partial charge < -0.3 is 9.84 Å². The Morgan fingerprint density at radius 2 is 1.29 bits per heavy atom. The molecule has 24 heavy (non-hydrogen) atoms. The molecule has 0 bridgehead atoms. The fourth-order valence-electron chi connectivity index (χ4n) is 2.44. The summed E-state index contributed by atoms with van der Waals surface area (Å²) in [6.45, 7) is 0. The Balaban J connectivity index is 1.79. The maximum Gasteiger partial charge on any atom is 0.315 e. The molecule has 0 saturated carbocycles. The lowest BCUT2D eigenvalue weighted by Crippen LogP contribution is -2.13. The van der Waals surface area contributed by atoms with Crippen LogP contribution in [0.15, 0.2) is 84.9 Å². The Morgan fingerprint density at radius 3 is 1.79 bits per heavy atom. The van der Waals surface area contributed by atoms with Crippen molar-refractivity contribution in [3.05, 3.63) is 108 Å². The molecule has 3 rings (SSSR count). The second-order valence-electron chi connectivity index (χ2n) is 5.37. The topological polar surface area (TPSA) is 46.5 Å². The smallest absolute Gasteiger partial charge is 0.315 e. The second-order valence-corrected chi connectivity index (χ2v) is 5.37. The van der Waals surface area contributed by atoms with Gasteiger partial charge in [0.25, 0.3) is 0 Å². The van der Waals surface area contributed by atoms with Crippen molar-refractivity contribution in [1.29, 1.82) is 0 Å². The second kappa shape index (κ2) is 7.47. The molecular weight excluding hydrogens is 300 g/mol. The highest BCUT2D eigenvalue weighted by molar-refractivity contribution is 5.83. The molecule has 0 heterocycles. The first-order valence-electron chi connectivity index (χ1n) is 7.66. The van der Waals surface area contributed by atoms with Crippen molar-refractivity contribution in [2.24, 2.45) is 0 Å². The molecule has 0 aliphatic carbocycles. The van der Waals surface area contributed by atoms with Gasteiger partial charge in [0.1, 0.15) is 5.75 Å². The minimum absolute atomic E-state index is 0.159. The maximum absolute atomic E-state index is 12.3. The number of rotatable bonds is 5. The van der Waals surface area contributed by atoms with E-state index in [1.54, 1.807) is 12.1 Å². The number of hydrogen-bond donors (Lipinski definition) is 1. The van der Waals surface area contributed by atoms with Gasteiger partial charge in [0, 0.05) is 0 Å². The Bertz CT molecular complexity index is 741. The summed E-state index contributed by atoms with van der Waals surface area (Å²) in [5.41, 5.74) is 2.50. The summed E-state index contributed by atoms with van der Waals surface area (Å²) in [7, 11) is 0. The summed E-state index contributed by atoms with van der Waals surface area (Å²) in [6.07, 6.45) is 0.950. The van der Waals surface area contributed by atoms with Crippen LogP contribution < -0.4 is 0 Å². The molecule has 0 aromatic heterocycles. The van der Waals surface area contributed by atoms with E-state index in [0.717, 1.165) is 11.1 Å². The molecule has 3 aromatic carbocycles. The van der Waals surface area contributed by atoms with E-state index in [-0.39, 0.29) is 5.75 Å². The van der Waals surface area contributed by atoms with Gasteiger partial charge in [0.15, 0.2) is 6.10 Å². The van der Waals surface area contributed by atoms with Gasteiger partial charge in [-0.2, -0.15) is 0 Å². The molecule has 1 radical (unpaired) electrons. The largest absolute Gasteiger partial charge is 0.508 e. The molecule has 0 aliphatic rings. The maximum atomic E-state index is 12.3. The van der Waals surface area contributed by atoms with E-state index in [9.17, 15) is 9.90 Å². The van der Waals surface area contributed by atoms with Crippen molar-refractivity contribution in [2.45, 2.75) is 6.10 Å². The first-order valence-corrected chi connectivity index (χ1v) is 7.66. The molecule has 0 atom stereocenters. The average molecular weight is 317 g/mol. The molecule has 0 unspecified atom stereocenters. The first kappa shape index (κ1) is 15.8. The van der Waals surface area contributed by atoms with Crippen molar-refractivity contribution >= 4 is 5.97 Å². The number of ether oxygens (including phenoxy) is 1. The third-order valence-electron chi connectivity index (χ3n) is 3.62. The molecule has 0 fully saturated rings. The van der Waals surface area contributed by atoms with Gasteiger partial charge in [-0.25, -0.2) is 0 Å². The normalized spacial score (nSPS) is 10.5. The van der Waals surface area contributed by atoms with Crippen molar-refractivity contribution in [3.63, 3.8) is 0 Å². The van der Waals surface area contributed by atoms with Gasteiger partial charge in [-0.1, -0.05) is 72.8 Å². The molecule has 0 amide bonds. The quantitative estimate of drug-likeness (QED) is 0.715. The van der Waals surface area contributed by atoms with Crippen LogP contribution in [0.2, 0.25) is 0 Å². The van der Waals surface area contributed by atoms with Crippen LogP contribution in [0.3, 0.4) is 0 Å². The Labute approximate surface area is 141 Å². The fraction of sp³-hybridized carbons (Fsp3) is 0.0476. The van der Waals surface area contributed by atoms with Crippen LogP contribution in [0.1, 0.15) is 22.8 Å². The molecular formula is C21H17O3. The van der Waals surface area contributed by atoms with Crippen molar-refractivity contribution < 1.29 is 14.6 Å². The predicted octanol–water partition coefficient (Wildman–Crippen LogP) is 4.28. The zero-order valence-corrected chi connectivity index (χ0v) is 13.0. The van der Waals surface area contributed by atoms with E-state index in [2.05, 4.69) is 0 Å². The van der Waals surface area contributed by atoms with Gasteiger partial charge in [-0.05, 0) is 28.8 Å². The van der Waals surface area contributed by atoms with Crippen LogP contribution >= 0.6 is 0 Å². The van der Waals surface area contributed by atoms with Crippen LogP contribution in [0.25, 0.3) is 0 Å². The standard InChI is InChI=1S/C21H17O3/c22-19-13-11-16(12-14-19)15-20(23)24-21(17-7-3-1-4-8-17)18-9-5-2-6-10-18/h1-15,21-22H. The minimum atomic E-state index is -0.465. The van der Waals surface area contributed by atoms with Crippen LogP contribution in [0.4, 0.5) is 0 Å². The molecule has 0 saturated heterocycles. The minimum Gasteiger partial charge on any atom is -0.508 e. The Morgan fingerprint density at radius 1 is 0.792 bits per heavy atom. The predicted molar refractivity (Wildman–Crippen MR) is 92.3 cm³/mol. The van der Waals surface area contributed by atoms with Gasteiger partial charge in [0.05, 0.1) is 6.42 Å². The average Bonchev–Trinajstić information content (AvgIpc) is 2.63. The molecule has 119 valence electrons. The fourth-order valence-corrected chi connectivity index (χ4v) is 2.44. The SMILES string of the molecule is O=C([CH]c1ccc(O)cc1)OC(c1ccccc1)c1ccccc1. The van der Waals surface area contributed by atoms with Crippen LogP contribution in [-0.2, 0) is 9.53 Å². The summed E-state index contributed by atoms with van der Waals surface area (Å²) in [6, 6.07) is 25.7. The van der Waals surface area contributed by atoms with Crippen molar-refractivity contribution in [1.82, 2.24) is 0 Å². The molecule has 3 aromatic rings. The van der Waals surface area contributed by atoms with Gasteiger partial charge in [-0.3, -0.25) is 4.79 Å². The number of carbonyl (C=O) groups excluding carboxylic acids is 1. The van der Waals surface area contributed by atoms with E-state index in [1.165, 1.54) is 18.6 Å². The lowest BCUT2D eigenvalue weighted by Gasteiger charge is -2.19. The molecule has 0 spiro atoms. The van der Waals surface area contributed by atoms with Crippen LogP contribution in [-0.4, -0.2) is 11.1 Å². The van der Waals surface area contributed by atoms with Crippen molar-refractivity contribution in [3.8, 4) is 5.75 Å². The highest BCUT2D eigenvalue weighted by Crippen LogP contribution is 2.26. The molecule has 1 N–H and O–H groups in total. The summed E-state index contributed by atoms with van der Waals surface area (Å²) in [5, 5.41) is 9.30. The summed E-state index contributed by atoms with van der Waals surface area (Å²) >= 11 is 0. The van der Waals surface area contributed by atoms with E-state index in [1.807, 2.05) is 60.7 Å². The van der Waals surface area contributed by atoms with E-state index < -0.39 is 12.1 Å². The molecule has 3 heteroatoms. The van der Waals surface area contributed by atoms with E-state index in [0.29, 0.717) is 5.56 Å². The van der Waals surface area contributed by atoms with Crippen LogP contribution in [0.5, 0.6) is 5.75 Å². The molecule has 3 nitrogen and oxygen atoms in total. The number of phenols is 1. The number of hydrogen-bond acceptors (Lipinski definition) is 3. The number of aromatic hydroxyl groups is 1. The zero-order valence-electron chi connectivity index (χ0n) is 13.0. The number of phenolic OH excluding ortho intramolecular Hbond substituents is 1. The number of esters is 1. The van der Waals surface area contributed by atoms with Crippen molar-refractivity contribution in [2.75, 3.05) is 0 Å². The number of benzene rings is 3. The van der Waals surface area contributed by atoms with E-state index in [4.69, 9.17) is 4.74 Å². The monoisotopic (exact) mass is 317 g/mol. The third-order valence-corrected chi connectivity index (χ3v) is 3.62. The third kappa shape index (κ3) is 4.02. The van der Waals surface area contributed by atoms with Gasteiger partial charge >= 0.3 is 5.97 Å². The summed E-state index contributed by atoms with van der Waals surface area (Å²) in [4.78, 5) is 12.3. The van der Waals surface area contributed by atoms with Gasteiger partial charge in [0.2, 0.25) is 0 Å². The highest BCUT2D eigenvalue weighted by atomic mass is 16.5. The lowest BCUT2D eigenvalue weighted by atomic mass is 10.0. The lowest BCUT2D eigenvalue weighted by molar-refractivity contribution is -0.142. The zero-order chi connectivity index (χ0) is 16.8. The van der Waals surface area contributed by atoms with E-state index >= 15 is 0 Å². The Kier molecular flexibility index (Phi) is 4.92. The van der Waals surface area contributed by atoms with Gasteiger partial charge in [-0.15, -0.1) is 0 Å². The highest BCUT2D eigenvalue weighted by Gasteiger charge is 2.19. The summed E-state index contributed by atoms with van der Waals surface area (Å²) < 4.78 is 5.70. The summed E-state index contributed by atoms with van der Waals surface area (Å²) in [5.74, 6) is -0.273.